The number of phenolic OH excluding ortho intramolecular Hbond substituents is 1. The molecule has 0 heterocycles. The van der Waals surface area contributed by atoms with Gasteiger partial charge < -0.3 is 10.2 Å². The summed E-state index contributed by atoms with van der Waals surface area (Å²) in [4.78, 5) is 0. The van der Waals surface area contributed by atoms with Crippen molar-refractivity contribution >= 4 is 11.6 Å². The zero-order chi connectivity index (χ0) is 13.2. The van der Waals surface area contributed by atoms with Crippen molar-refractivity contribution in [3.05, 3.63) is 64.7 Å². The van der Waals surface area contributed by atoms with Gasteiger partial charge in [0.1, 0.15) is 5.75 Å². The summed E-state index contributed by atoms with van der Waals surface area (Å²) in [7, 11) is 0. The summed E-state index contributed by atoms with van der Waals surface area (Å²) in [6.07, 6.45) is 0.471. The fourth-order valence-corrected chi connectivity index (χ4v) is 2.18. The van der Waals surface area contributed by atoms with Crippen LogP contribution in [0.15, 0.2) is 48.5 Å². The normalized spacial score (nSPS) is 14.2. The Bertz CT molecular complexity index is 532. The van der Waals surface area contributed by atoms with E-state index in [0.717, 1.165) is 11.1 Å². The van der Waals surface area contributed by atoms with Crippen LogP contribution in [0, 0.1) is 0 Å². The minimum absolute atomic E-state index is 0.192. The Morgan fingerprint density at radius 1 is 1.11 bits per heavy atom. The SMILES string of the molecule is CC(O)(Cc1cccc(Cl)c1)c1ccc(O)cc1. The van der Waals surface area contributed by atoms with Gasteiger partial charge in [0.15, 0.2) is 0 Å². The number of aromatic hydroxyl groups is 1. The maximum absolute atomic E-state index is 10.5. The van der Waals surface area contributed by atoms with Crippen molar-refractivity contribution in [1.82, 2.24) is 0 Å². The van der Waals surface area contributed by atoms with E-state index >= 15 is 0 Å². The summed E-state index contributed by atoms with van der Waals surface area (Å²) >= 11 is 5.93. The van der Waals surface area contributed by atoms with Crippen LogP contribution in [0.4, 0.5) is 0 Å². The van der Waals surface area contributed by atoms with Crippen LogP contribution >= 0.6 is 11.6 Å². The Hall–Kier alpha value is -1.51. The van der Waals surface area contributed by atoms with E-state index in [1.165, 1.54) is 0 Å². The van der Waals surface area contributed by atoms with Gasteiger partial charge in [0.05, 0.1) is 5.60 Å². The lowest BCUT2D eigenvalue weighted by atomic mass is 9.89. The first-order chi connectivity index (χ1) is 8.47. The van der Waals surface area contributed by atoms with Gasteiger partial charge in [-0.3, -0.25) is 0 Å². The summed E-state index contributed by atoms with van der Waals surface area (Å²) in [5.74, 6) is 0.192. The van der Waals surface area contributed by atoms with E-state index in [1.54, 1.807) is 37.3 Å². The molecule has 0 aliphatic carbocycles. The first-order valence-corrected chi connectivity index (χ1v) is 6.11. The van der Waals surface area contributed by atoms with Gasteiger partial charge in [-0.1, -0.05) is 35.9 Å². The number of benzene rings is 2. The van der Waals surface area contributed by atoms with Crippen LogP contribution in [0.25, 0.3) is 0 Å². The van der Waals surface area contributed by atoms with Crippen LogP contribution in [0.5, 0.6) is 5.75 Å². The number of halogens is 1. The average Bonchev–Trinajstić information content (AvgIpc) is 2.29. The van der Waals surface area contributed by atoms with Crippen molar-refractivity contribution in [3.63, 3.8) is 0 Å². The second-order valence-corrected chi connectivity index (χ2v) is 5.06. The molecule has 18 heavy (non-hydrogen) atoms. The van der Waals surface area contributed by atoms with Crippen molar-refractivity contribution in [2.45, 2.75) is 18.9 Å². The molecule has 1 atom stereocenters. The van der Waals surface area contributed by atoms with Crippen LogP contribution in [0.3, 0.4) is 0 Å². The van der Waals surface area contributed by atoms with E-state index in [2.05, 4.69) is 0 Å². The molecule has 2 nitrogen and oxygen atoms in total. The predicted octanol–water partition coefficient (Wildman–Crippen LogP) is 3.50. The predicted molar refractivity (Wildman–Crippen MR) is 72.8 cm³/mol. The van der Waals surface area contributed by atoms with Crippen molar-refractivity contribution in [2.24, 2.45) is 0 Å². The van der Waals surface area contributed by atoms with Crippen molar-refractivity contribution < 1.29 is 10.2 Å². The van der Waals surface area contributed by atoms with Crippen LogP contribution in [-0.2, 0) is 12.0 Å². The Balaban J connectivity index is 2.23. The van der Waals surface area contributed by atoms with Crippen LogP contribution < -0.4 is 0 Å². The smallest absolute Gasteiger partial charge is 0.115 e. The standard InChI is InChI=1S/C15H15ClO2/c1-15(18,12-5-7-14(17)8-6-12)10-11-3-2-4-13(16)9-11/h2-9,17-18H,10H2,1H3. The summed E-state index contributed by atoms with van der Waals surface area (Å²) in [6, 6.07) is 14.0. The molecule has 0 spiro atoms. The molecule has 3 heteroatoms. The third kappa shape index (κ3) is 3.03. The number of hydrogen-bond acceptors (Lipinski definition) is 2. The van der Waals surface area contributed by atoms with Gasteiger partial charge in [0.2, 0.25) is 0 Å². The molecule has 2 rings (SSSR count). The summed E-state index contributed by atoms with van der Waals surface area (Å²) in [5.41, 5.74) is 0.749. The van der Waals surface area contributed by atoms with Gasteiger partial charge in [-0.25, -0.2) is 0 Å². The molecule has 0 aromatic heterocycles. The summed E-state index contributed by atoms with van der Waals surface area (Å²) < 4.78 is 0. The van der Waals surface area contributed by atoms with Crippen LogP contribution in [-0.4, -0.2) is 10.2 Å². The number of rotatable bonds is 3. The molecule has 0 bridgehead atoms. The highest BCUT2D eigenvalue weighted by atomic mass is 35.5. The van der Waals surface area contributed by atoms with Crippen LogP contribution in [0.2, 0.25) is 5.02 Å². The van der Waals surface area contributed by atoms with E-state index in [9.17, 15) is 10.2 Å². The molecule has 0 amide bonds. The second-order valence-electron chi connectivity index (χ2n) is 4.63. The molecular weight excluding hydrogens is 248 g/mol. The lowest BCUT2D eigenvalue weighted by molar-refractivity contribution is 0.0576. The average molecular weight is 263 g/mol. The Kier molecular flexibility index (Phi) is 3.60. The van der Waals surface area contributed by atoms with Gasteiger partial charge >= 0.3 is 0 Å². The van der Waals surface area contributed by atoms with Gasteiger partial charge in [0.25, 0.3) is 0 Å². The zero-order valence-corrected chi connectivity index (χ0v) is 10.9. The third-order valence-corrected chi connectivity index (χ3v) is 3.16. The van der Waals surface area contributed by atoms with Crippen molar-refractivity contribution in [1.29, 1.82) is 0 Å². The molecule has 0 radical (unpaired) electrons. The van der Waals surface area contributed by atoms with E-state index in [1.807, 2.05) is 18.2 Å². The summed E-state index contributed by atoms with van der Waals surface area (Å²) in [6.45, 7) is 1.75. The summed E-state index contributed by atoms with van der Waals surface area (Å²) in [5, 5.41) is 20.4. The molecule has 2 N–H and O–H groups in total. The molecular formula is C15H15ClO2. The first-order valence-electron chi connectivity index (χ1n) is 5.74. The van der Waals surface area contributed by atoms with Crippen molar-refractivity contribution in [2.75, 3.05) is 0 Å². The molecule has 0 saturated carbocycles. The minimum Gasteiger partial charge on any atom is -0.508 e. The fraction of sp³-hybridized carbons (Fsp3) is 0.200. The number of hydrogen-bond donors (Lipinski definition) is 2. The molecule has 0 fully saturated rings. The quantitative estimate of drug-likeness (QED) is 0.889. The molecule has 2 aromatic carbocycles. The monoisotopic (exact) mass is 262 g/mol. The van der Waals surface area contributed by atoms with E-state index in [-0.39, 0.29) is 5.75 Å². The fourth-order valence-electron chi connectivity index (χ4n) is 1.97. The molecule has 0 aliphatic rings. The molecule has 1 unspecified atom stereocenters. The molecule has 0 saturated heterocycles. The van der Waals surface area contributed by atoms with E-state index in [0.29, 0.717) is 11.4 Å². The largest absolute Gasteiger partial charge is 0.508 e. The van der Waals surface area contributed by atoms with Gasteiger partial charge in [0, 0.05) is 11.4 Å². The molecule has 94 valence electrons. The lowest BCUT2D eigenvalue weighted by Gasteiger charge is -2.24. The highest BCUT2D eigenvalue weighted by molar-refractivity contribution is 6.30. The zero-order valence-electron chi connectivity index (χ0n) is 10.1. The highest BCUT2D eigenvalue weighted by Gasteiger charge is 2.23. The minimum atomic E-state index is -0.988. The molecule has 2 aromatic rings. The van der Waals surface area contributed by atoms with E-state index < -0.39 is 5.60 Å². The maximum atomic E-state index is 10.5. The highest BCUT2D eigenvalue weighted by Crippen LogP contribution is 2.27. The second kappa shape index (κ2) is 5.01. The first kappa shape index (κ1) is 12.9. The Morgan fingerprint density at radius 2 is 1.78 bits per heavy atom. The maximum Gasteiger partial charge on any atom is 0.115 e. The topological polar surface area (TPSA) is 40.5 Å². The van der Waals surface area contributed by atoms with E-state index in [4.69, 9.17) is 11.6 Å². The van der Waals surface area contributed by atoms with Gasteiger partial charge in [-0.15, -0.1) is 0 Å². The molecule has 0 aliphatic heterocycles. The Labute approximate surface area is 111 Å². The number of aliphatic hydroxyl groups is 1. The Morgan fingerprint density at radius 3 is 2.39 bits per heavy atom. The lowest BCUT2D eigenvalue weighted by Crippen LogP contribution is -2.24. The van der Waals surface area contributed by atoms with Crippen molar-refractivity contribution in [3.8, 4) is 5.75 Å². The van der Waals surface area contributed by atoms with Gasteiger partial charge in [-0.2, -0.15) is 0 Å². The van der Waals surface area contributed by atoms with Crippen LogP contribution in [0.1, 0.15) is 18.1 Å². The third-order valence-electron chi connectivity index (χ3n) is 2.93. The van der Waals surface area contributed by atoms with Gasteiger partial charge in [-0.05, 0) is 42.3 Å². The number of phenols is 1.